The van der Waals surface area contributed by atoms with Crippen LogP contribution >= 0.6 is 0 Å². The molecule has 0 radical (unpaired) electrons. The molecule has 0 spiro atoms. The summed E-state index contributed by atoms with van der Waals surface area (Å²) in [7, 11) is 1.49. The Bertz CT molecular complexity index is 1450. The molecule has 1 amide bonds. The van der Waals surface area contributed by atoms with Crippen LogP contribution in [-0.2, 0) is 4.79 Å². The smallest absolute Gasteiger partial charge is 0.226 e. The summed E-state index contributed by atoms with van der Waals surface area (Å²) < 4.78 is 6.67. The summed E-state index contributed by atoms with van der Waals surface area (Å²) in [6.45, 7) is 3.95. The van der Waals surface area contributed by atoms with E-state index in [1.807, 2.05) is 38.1 Å². The zero-order chi connectivity index (χ0) is 24.2. The number of amides is 1. The molecular weight excluding hydrogens is 430 g/mol. The van der Waals surface area contributed by atoms with E-state index in [4.69, 9.17) is 9.72 Å². The largest absolute Gasteiger partial charge is 0.496 e. The fourth-order valence-corrected chi connectivity index (χ4v) is 3.81. The third kappa shape index (κ3) is 4.36. The van der Waals surface area contributed by atoms with Crippen LogP contribution in [0.1, 0.15) is 39.9 Å². The van der Waals surface area contributed by atoms with Crippen LogP contribution in [0.5, 0.6) is 5.75 Å². The summed E-state index contributed by atoms with van der Waals surface area (Å²) in [6.07, 6.45) is 1.32. The van der Waals surface area contributed by atoms with Gasteiger partial charge in [0.2, 0.25) is 5.91 Å². The van der Waals surface area contributed by atoms with E-state index < -0.39 is 5.91 Å². The predicted molar refractivity (Wildman–Crippen MR) is 128 cm³/mol. The molecule has 2 aromatic carbocycles. The fourth-order valence-electron chi connectivity index (χ4n) is 3.81. The molecule has 170 valence electrons. The van der Waals surface area contributed by atoms with Crippen LogP contribution in [0, 0.1) is 25.2 Å². The van der Waals surface area contributed by atoms with Gasteiger partial charge in [0.15, 0.2) is 17.4 Å². The van der Waals surface area contributed by atoms with E-state index in [-0.39, 0.29) is 30.0 Å². The number of para-hydroxylation sites is 2. The van der Waals surface area contributed by atoms with Crippen LogP contribution in [0.25, 0.3) is 16.7 Å². The number of nitrogens with zero attached hydrogens (tertiary/aromatic N) is 4. The summed E-state index contributed by atoms with van der Waals surface area (Å²) in [5.74, 6) is 0.558. The SMILES string of the molecule is COc1ccccc1C(=O)CCC(=O)Nc1c(C#N)cnn1-c1cc(C)c2cccc(C)c2n1. The summed E-state index contributed by atoms with van der Waals surface area (Å²) >= 11 is 0. The van der Waals surface area contributed by atoms with E-state index in [9.17, 15) is 14.9 Å². The standard InChI is InChI=1S/C26H23N5O3/c1-16-7-6-9-19-17(2)13-23(29-25(16)19)31-26(18(14-27)15-28-31)30-24(33)12-11-21(32)20-8-4-5-10-22(20)34-3/h4-10,13,15H,11-12H2,1-3H3,(H,30,33). The van der Waals surface area contributed by atoms with E-state index >= 15 is 0 Å². The lowest BCUT2D eigenvalue weighted by Gasteiger charge is -2.12. The number of nitrogens with one attached hydrogen (secondary N) is 1. The van der Waals surface area contributed by atoms with Gasteiger partial charge < -0.3 is 10.1 Å². The Morgan fingerprint density at radius 2 is 1.88 bits per heavy atom. The fraction of sp³-hybridized carbons (Fsp3) is 0.192. The van der Waals surface area contributed by atoms with Gasteiger partial charge in [-0.3, -0.25) is 9.59 Å². The number of carbonyl (C=O) groups excluding carboxylic acids is 2. The number of methoxy groups -OCH3 is 1. The van der Waals surface area contributed by atoms with Crippen LogP contribution in [0.4, 0.5) is 5.82 Å². The van der Waals surface area contributed by atoms with Crippen LogP contribution < -0.4 is 10.1 Å². The van der Waals surface area contributed by atoms with E-state index in [0.29, 0.717) is 17.1 Å². The van der Waals surface area contributed by atoms with Crippen LogP contribution in [0.3, 0.4) is 0 Å². The third-order valence-electron chi connectivity index (χ3n) is 5.59. The Morgan fingerprint density at radius 3 is 2.65 bits per heavy atom. The van der Waals surface area contributed by atoms with Crippen molar-refractivity contribution < 1.29 is 14.3 Å². The normalized spacial score (nSPS) is 10.6. The summed E-state index contributed by atoms with van der Waals surface area (Å²) in [5, 5.41) is 17.6. The number of Topliss-reactive ketones (excluding diaryl/α,β-unsaturated/α-hetero) is 1. The Morgan fingerprint density at radius 1 is 1.09 bits per heavy atom. The molecule has 1 N–H and O–H groups in total. The molecule has 4 aromatic rings. The Balaban J connectivity index is 1.58. The number of aromatic nitrogens is 3. The number of hydrogen-bond donors (Lipinski definition) is 1. The highest BCUT2D eigenvalue weighted by Gasteiger charge is 2.19. The van der Waals surface area contributed by atoms with Gasteiger partial charge in [-0.2, -0.15) is 15.0 Å². The molecule has 2 aromatic heterocycles. The van der Waals surface area contributed by atoms with Gasteiger partial charge in [0.25, 0.3) is 0 Å². The molecule has 2 heterocycles. The van der Waals surface area contributed by atoms with E-state index in [1.54, 1.807) is 24.3 Å². The number of pyridine rings is 1. The number of carbonyl (C=O) groups is 2. The van der Waals surface area contributed by atoms with Crippen molar-refractivity contribution in [3.05, 3.63) is 77.0 Å². The number of benzene rings is 2. The molecule has 0 saturated carbocycles. The molecule has 0 unspecified atom stereocenters. The lowest BCUT2D eigenvalue weighted by Crippen LogP contribution is -2.17. The molecule has 8 nitrogen and oxygen atoms in total. The summed E-state index contributed by atoms with van der Waals surface area (Å²) in [5.41, 5.74) is 3.46. The molecule has 4 rings (SSSR count). The molecule has 34 heavy (non-hydrogen) atoms. The van der Waals surface area contributed by atoms with Crippen molar-refractivity contribution >= 4 is 28.4 Å². The molecule has 0 bridgehead atoms. The molecule has 0 aliphatic heterocycles. The first-order valence-corrected chi connectivity index (χ1v) is 10.7. The first kappa shape index (κ1) is 22.7. The van der Waals surface area contributed by atoms with Crippen molar-refractivity contribution in [3.63, 3.8) is 0 Å². The molecule has 8 heteroatoms. The predicted octanol–water partition coefficient (Wildman–Crippen LogP) is 4.52. The Labute approximate surface area is 196 Å². The Hall–Kier alpha value is -4.51. The number of nitriles is 1. The lowest BCUT2D eigenvalue weighted by atomic mass is 10.1. The number of rotatable bonds is 7. The number of hydrogen-bond acceptors (Lipinski definition) is 6. The molecule has 0 aliphatic carbocycles. The van der Waals surface area contributed by atoms with Gasteiger partial charge in [0.1, 0.15) is 17.4 Å². The van der Waals surface area contributed by atoms with Gasteiger partial charge >= 0.3 is 0 Å². The van der Waals surface area contributed by atoms with Crippen molar-refractivity contribution in [3.8, 4) is 17.6 Å². The zero-order valence-corrected chi connectivity index (χ0v) is 19.1. The highest BCUT2D eigenvalue weighted by Crippen LogP contribution is 2.26. The second-order valence-corrected chi connectivity index (χ2v) is 7.87. The summed E-state index contributed by atoms with van der Waals surface area (Å²) in [4.78, 5) is 30.0. The highest BCUT2D eigenvalue weighted by molar-refractivity contribution is 6.01. The first-order valence-electron chi connectivity index (χ1n) is 10.7. The number of anilines is 1. The lowest BCUT2D eigenvalue weighted by molar-refractivity contribution is -0.116. The minimum atomic E-state index is -0.407. The van der Waals surface area contributed by atoms with Crippen LogP contribution in [0.15, 0.2) is 54.7 Å². The van der Waals surface area contributed by atoms with Crippen LogP contribution in [0.2, 0.25) is 0 Å². The topological polar surface area (TPSA) is 110 Å². The van der Waals surface area contributed by atoms with Crippen molar-refractivity contribution in [1.82, 2.24) is 14.8 Å². The molecule has 0 fully saturated rings. The van der Waals surface area contributed by atoms with Gasteiger partial charge in [-0.05, 0) is 43.2 Å². The quantitative estimate of drug-likeness (QED) is 0.412. The monoisotopic (exact) mass is 453 g/mol. The average molecular weight is 454 g/mol. The summed E-state index contributed by atoms with van der Waals surface area (Å²) in [6, 6.07) is 16.7. The first-order chi connectivity index (χ1) is 16.4. The van der Waals surface area contributed by atoms with Gasteiger partial charge in [0, 0.05) is 18.2 Å². The van der Waals surface area contributed by atoms with Gasteiger partial charge in [0.05, 0.1) is 24.4 Å². The Kier molecular flexibility index (Phi) is 6.37. The van der Waals surface area contributed by atoms with E-state index in [0.717, 1.165) is 22.0 Å². The minimum absolute atomic E-state index is 0.00520. The third-order valence-corrected chi connectivity index (χ3v) is 5.59. The second kappa shape index (κ2) is 9.55. The van der Waals surface area contributed by atoms with Gasteiger partial charge in [-0.1, -0.05) is 30.3 Å². The maximum Gasteiger partial charge on any atom is 0.226 e. The van der Waals surface area contributed by atoms with E-state index in [1.165, 1.54) is 18.0 Å². The average Bonchev–Trinajstić information content (AvgIpc) is 3.25. The number of ether oxygens (including phenoxy) is 1. The molecular formula is C26H23N5O3. The maximum absolute atomic E-state index is 12.7. The highest BCUT2D eigenvalue weighted by atomic mass is 16.5. The molecule has 0 atom stereocenters. The second-order valence-electron chi connectivity index (χ2n) is 7.87. The molecule has 0 saturated heterocycles. The van der Waals surface area contributed by atoms with Crippen molar-refractivity contribution in [2.45, 2.75) is 26.7 Å². The molecule has 0 aliphatic rings. The minimum Gasteiger partial charge on any atom is -0.496 e. The van der Waals surface area contributed by atoms with Crippen molar-refractivity contribution in [1.29, 1.82) is 5.26 Å². The van der Waals surface area contributed by atoms with Crippen LogP contribution in [-0.4, -0.2) is 33.6 Å². The van der Waals surface area contributed by atoms with Crippen molar-refractivity contribution in [2.75, 3.05) is 12.4 Å². The van der Waals surface area contributed by atoms with Gasteiger partial charge in [-0.15, -0.1) is 0 Å². The van der Waals surface area contributed by atoms with E-state index in [2.05, 4.69) is 16.5 Å². The zero-order valence-electron chi connectivity index (χ0n) is 19.1. The number of fused-ring (bicyclic) bond motifs is 1. The van der Waals surface area contributed by atoms with Gasteiger partial charge in [-0.25, -0.2) is 4.98 Å². The van der Waals surface area contributed by atoms with Crippen molar-refractivity contribution in [2.24, 2.45) is 0 Å². The number of aryl methyl sites for hydroxylation is 2. The maximum atomic E-state index is 12.7. The number of ketones is 1.